The van der Waals surface area contributed by atoms with Crippen LogP contribution in [0.4, 0.5) is 0 Å². The van der Waals surface area contributed by atoms with Crippen LogP contribution in [-0.4, -0.2) is 51.2 Å². The minimum Gasteiger partial charge on any atom is -0.368 e. The minimum absolute atomic E-state index is 0.236. The van der Waals surface area contributed by atoms with E-state index in [1.807, 2.05) is 0 Å². The van der Waals surface area contributed by atoms with Crippen LogP contribution >= 0.6 is 0 Å². The third-order valence-corrected chi connectivity index (χ3v) is 3.44. The van der Waals surface area contributed by atoms with Gasteiger partial charge in [0.2, 0.25) is 5.91 Å². The largest absolute Gasteiger partial charge is 0.368 e. The normalized spacial score (nSPS) is 17.1. The molecule has 19 heavy (non-hydrogen) atoms. The van der Waals surface area contributed by atoms with Gasteiger partial charge in [-0.15, -0.1) is 10.2 Å². The molecule has 2 heterocycles. The van der Waals surface area contributed by atoms with Crippen molar-refractivity contribution in [1.29, 1.82) is 0 Å². The molecule has 1 aliphatic rings. The van der Waals surface area contributed by atoms with E-state index in [1.165, 1.54) is 0 Å². The number of nitrogens with one attached hydrogen (secondary N) is 1. The number of amides is 1. The van der Waals surface area contributed by atoms with Crippen molar-refractivity contribution in [2.45, 2.75) is 38.9 Å². The second kappa shape index (κ2) is 6.63. The molecule has 1 aromatic heterocycles. The third kappa shape index (κ3) is 3.74. The summed E-state index contributed by atoms with van der Waals surface area (Å²) in [6.45, 7) is 6.40. The Kier molecular flexibility index (Phi) is 4.86. The van der Waals surface area contributed by atoms with Crippen LogP contribution in [0.25, 0.3) is 0 Å². The van der Waals surface area contributed by atoms with Gasteiger partial charge in [-0.1, -0.05) is 6.92 Å². The van der Waals surface area contributed by atoms with Crippen molar-refractivity contribution in [3.63, 3.8) is 0 Å². The quantitative estimate of drug-likeness (QED) is 0.684. The van der Waals surface area contributed by atoms with Crippen LogP contribution < -0.4 is 11.1 Å². The number of carbonyl (C=O) groups is 1. The predicted octanol–water partition coefficient (Wildman–Crippen LogP) is -0.663. The second-order valence-electron chi connectivity index (χ2n) is 4.91. The average molecular weight is 266 g/mol. The van der Waals surface area contributed by atoms with Gasteiger partial charge in [0.1, 0.15) is 12.2 Å². The molecule has 1 aliphatic heterocycles. The lowest BCUT2D eigenvalue weighted by molar-refractivity contribution is -0.120. The summed E-state index contributed by atoms with van der Waals surface area (Å²) in [4.78, 5) is 13.6. The lowest BCUT2D eigenvalue weighted by Crippen LogP contribution is -2.44. The average Bonchev–Trinajstić information content (AvgIpc) is 2.85. The zero-order valence-corrected chi connectivity index (χ0v) is 11.4. The van der Waals surface area contributed by atoms with Crippen LogP contribution in [0, 0.1) is 0 Å². The second-order valence-corrected chi connectivity index (χ2v) is 4.91. The van der Waals surface area contributed by atoms with Crippen molar-refractivity contribution in [3.8, 4) is 0 Å². The molecule has 2 rings (SSSR count). The fourth-order valence-corrected chi connectivity index (χ4v) is 2.28. The summed E-state index contributed by atoms with van der Waals surface area (Å²) in [6, 6.07) is -0.236. The smallest absolute Gasteiger partial charge is 0.234 e. The Hall–Kier alpha value is -1.47. The van der Waals surface area contributed by atoms with Gasteiger partial charge in [-0.25, -0.2) is 0 Å². The van der Waals surface area contributed by atoms with Crippen molar-refractivity contribution in [2.24, 2.45) is 5.73 Å². The molecule has 0 saturated heterocycles. The zero-order chi connectivity index (χ0) is 13.7. The molecule has 0 bridgehead atoms. The fourth-order valence-electron chi connectivity index (χ4n) is 2.28. The molecule has 1 unspecified atom stereocenters. The van der Waals surface area contributed by atoms with Crippen molar-refractivity contribution >= 4 is 5.91 Å². The number of fused-ring (bicyclic) bond motifs is 1. The van der Waals surface area contributed by atoms with Gasteiger partial charge < -0.3 is 15.6 Å². The maximum atomic E-state index is 11.3. The highest BCUT2D eigenvalue weighted by Gasteiger charge is 2.20. The lowest BCUT2D eigenvalue weighted by Gasteiger charge is -2.28. The Balaban J connectivity index is 1.80. The van der Waals surface area contributed by atoms with E-state index < -0.39 is 0 Å². The molecule has 7 heteroatoms. The van der Waals surface area contributed by atoms with Crippen LogP contribution in [0.1, 0.15) is 25.6 Å². The van der Waals surface area contributed by atoms with Gasteiger partial charge in [0.25, 0.3) is 0 Å². The van der Waals surface area contributed by atoms with E-state index in [0.29, 0.717) is 0 Å². The summed E-state index contributed by atoms with van der Waals surface area (Å²) >= 11 is 0. The molecule has 1 amide bonds. The van der Waals surface area contributed by atoms with Gasteiger partial charge in [-0.2, -0.15) is 0 Å². The highest BCUT2D eigenvalue weighted by molar-refractivity contribution is 5.79. The summed E-state index contributed by atoms with van der Waals surface area (Å²) in [5.74, 6) is 0.719. The molecule has 0 saturated carbocycles. The third-order valence-electron chi connectivity index (χ3n) is 3.44. The van der Waals surface area contributed by atoms with Gasteiger partial charge in [-0.3, -0.25) is 9.69 Å². The molecule has 106 valence electrons. The lowest BCUT2D eigenvalue weighted by atomic mass is 10.1. The molecular weight excluding hydrogens is 244 g/mol. The van der Waals surface area contributed by atoms with Gasteiger partial charge in [0, 0.05) is 19.6 Å². The van der Waals surface area contributed by atoms with Crippen molar-refractivity contribution < 1.29 is 4.79 Å². The van der Waals surface area contributed by atoms with E-state index in [9.17, 15) is 4.79 Å². The number of rotatable bonds is 7. The molecular formula is C12H22N6O. The Morgan fingerprint density at radius 2 is 2.42 bits per heavy atom. The Morgan fingerprint density at radius 3 is 3.16 bits per heavy atom. The number of nitrogens with two attached hydrogens (primary N) is 1. The molecule has 0 aromatic carbocycles. The predicted molar refractivity (Wildman–Crippen MR) is 71.2 cm³/mol. The molecule has 0 fully saturated rings. The molecule has 1 atom stereocenters. The van der Waals surface area contributed by atoms with E-state index in [0.717, 1.165) is 51.4 Å². The standard InChI is InChI=1S/C12H22N6O/c1-2-4-14-10(12(13)19)3-5-17-6-7-18-9-15-16-11(18)8-17/h9-10,14H,2-8H2,1H3,(H2,13,19). The maximum Gasteiger partial charge on any atom is 0.234 e. The number of hydrogen-bond donors (Lipinski definition) is 2. The number of aromatic nitrogens is 3. The summed E-state index contributed by atoms with van der Waals surface area (Å²) in [5.41, 5.74) is 5.41. The van der Waals surface area contributed by atoms with Crippen LogP contribution in [0.2, 0.25) is 0 Å². The van der Waals surface area contributed by atoms with E-state index in [1.54, 1.807) is 6.33 Å². The van der Waals surface area contributed by atoms with Gasteiger partial charge in [-0.05, 0) is 19.4 Å². The number of nitrogens with zero attached hydrogens (tertiary/aromatic N) is 4. The van der Waals surface area contributed by atoms with Crippen LogP contribution in [0.3, 0.4) is 0 Å². The molecule has 0 radical (unpaired) electrons. The Bertz CT molecular complexity index is 418. The van der Waals surface area contributed by atoms with E-state index in [4.69, 9.17) is 5.73 Å². The first-order valence-electron chi connectivity index (χ1n) is 6.82. The summed E-state index contributed by atoms with van der Waals surface area (Å²) in [6.07, 6.45) is 3.50. The van der Waals surface area contributed by atoms with Crippen LogP contribution in [0.5, 0.6) is 0 Å². The van der Waals surface area contributed by atoms with Crippen LogP contribution in [-0.2, 0) is 17.9 Å². The summed E-state index contributed by atoms with van der Waals surface area (Å²) < 4.78 is 2.07. The highest BCUT2D eigenvalue weighted by Crippen LogP contribution is 2.09. The first-order chi connectivity index (χ1) is 9.20. The highest BCUT2D eigenvalue weighted by atomic mass is 16.1. The number of hydrogen-bond acceptors (Lipinski definition) is 5. The molecule has 0 aliphatic carbocycles. The summed E-state index contributed by atoms with van der Waals surface area (Å²) in [5, 5.41) is 11.2. The number of carbonyl (C=O) groups excluding carboxylic acids is 1. The maximum absolute atomic E-state index is 11.3. The van der Waals surface area contributed by atoms with Crippen molar-refractivity contribution in [2.75, 3.05) is 19.6 Å². The fraction of sp³-hybridized carbons (Fsp3) is 0.750. The Morgan fingerprint density at radius 1 is 1.58 bits per heavy atom. The molecule has 7 nitrogen and oxygen atoms in total. The van der Waals surface area contributed by atoms with Gasteiger partial charge in [0.15, 0.2) is 0 Å². The Labute approximate surface area is 113 Å². The van der Waals surface area contributed by atoms with Crippen molar-refractivity contribution in [3.05, 3.63) is 12.2 Å². The first kappa shape index (κ1) is 14.0. The SMILES string of the molecule is CCCNC(CCN1CCn2cnnc2C1)C(N)=O. The van der Waals surface area contributed by atoms with E-state index >= 15 is 0 Å². The van der Waals surface area contributed by atoms with E-state index in [2.05, 4.69) is 31.9 Å². The topological polar surface area (TPSA) is 89.1 Å². The van der Waals surface area contributed by atoms with Crippen LogP contribution in [0.15, 0.2) is 6.33 Å². The van der Waals surface area contributed by atoms with Gasteiger partial charge in [0.05, 0.1) is 12.6 Å². The van der Waals surface area contributed by atoms with E-state index in [-0.39, 0.29) is 11.9 Å². The number of primary amides is 1. The van der Waals surface area contributed by atoms with Gasteiger partial charge >= 0.3 is 0 Å². The monoisotopic (exact) mass is 266 g/mol. The summed E-state index contributed by atoms with van der Waals surface area (Å²) in [7, 11) is 0. The zero-order valence-electron chi connectivity index (χ0n) is 11.4. The molecule has 3 N–H and O–H groups in total. The first-order valence-corrected chi connectivity index (χ1v) is 6.82. The van der Waals surface area contributed by atoms with Crippen molar-refractivity contribution in [1.82, 2.24) is 25.0 Å². The minimum atomic E-state index is -0.270. The molecule has 0 spiro atoms. The molecule has 1 aromatic rings.